The molecule has 1 aromatic heterocycles. The summed E-state index contributed by atoms with van der Waals surface area (Å²) in [5.41, 5.74) is 0.522. The molecule has 0 saturated carbocycles. The van der Waals surface area contributed by atoms with Crippen LogP contribution >= 0.6 is 15.9 Å². The number of nitrogens with one attached hydrogen (secondary N) is 1. The van der Waals surface area contributed by atoms with Crippen LogP contribution in [0.1, 0.15) is 10.5 Å². The number of aryl methyl sites for hydroxylation is 1. The summed E-state index contributed by atoms with van der Waals surface area (Å²) in [6.07, 6.45) is 2.42. The van der Waals surface area contributed by atoms with Crippen LogP contribution in [0.3, 0.4) is 0 Å². The lowest BCUT2D eigenvalue weighted by Crippen LogP contribution is -2.26. The van der Waals surface area contributed by atoms with Crippen LogP contribution in [0.4, 0.5) is 0 Å². The molecule has 0 aromatic carbocycles. The van der Waals surface area contributed by atoms with E-state index in [9.17, 15) is 9.59 Å². The third-order valence-electron chi connectivity index (χ3n) is 1.55. The molecule has 0 bridgehead atoms. The predicted molar refractivity (Wildman–Crippen MR) is 51.5 cm³/mol. The number of amides is 1. The molecule has 1 rings (SSSR count). The first-order chi connectivity index (χ1) is 6.15. The van der Waals surface area contributed by atoms with E-state index in [0.29, 0.717) is 12.0 Å². The second-order valence-electron chi connectivity index (χ2n) is 2.53. The van der Waals surface area contributed by atoms with Gasteiger partial charge in [-0.1, -0.05) is 0 Å². The number of nitrogens with zero attached hydrogens (tertiary/aromatic N) is 1. The van der Waals surface area contributed by atoms with E-state index in [2.05, 4.69) is 21.2 Å². The van der Waals surface area contributed by atoms with Crippen molar-refractivity contribution in [1.29, 1.82) is 0 Å². The number of carbonyl (C=O) groups is 2. The average Bonchev–Trinajstić information content (AvgIpc) is 2.41. The van der Waals surface area contributed by atoms with E-state index in [4.69, 9.17) is 0 Å². The molecule has 0 aliphatic rings. The summed E-state index contributed by atoms with van der Waals surface area (Å²) in [4.78, 5) is 21.3. The van der Waals surface area contributed by atoms with Gasteiger partial charge in [-0.25, -0.2) is 0 Å². The van der Waals surface area contributed by atoms with Gasteiger partial charge in [-0.15, -0.1) is 0 Å². The van der Waals surface area contributed by atoms with Crippen LogP contribution in [-0.2, 0) is 11.8 Å². The summed E-state index contributed by atoms with van der Waals surface area (Å²) in [7, 11) is 1.76. The third-order valence-corrected chi connectivity index (χ3v) is 1.98. The van der Waals surface area contributed by atoms with Gasteiger partial charge in [0.15, 0.2) is 0 Å². The van der Waals surface area contributed by atoms with E-state index in [1.807, 2.05) is 0 Å². The predicted octanol–water partition coefficient (Wildman–Crippen LogP) is 0.716. The number of halogens is 1. The van der Waals surface area contributed by atoms with Gasteiger partial charge in [0.1, 0.15) is 12.0 Å². The SMILES string of the molecule is Cn1cc(Br)cc1C(=O)NCC=O. The van der Waals surface area contributed by atoms with Crippen molar-refractivity contribution in [1.82, 2.24) is 9.88 Å². The topological polar surface area (TPSA) is 51.1 Å². The van der Waals surface area contributed by atoms with Crippen LogP contribution in [0, 0.1) is 0 Å². The zero-order valence-electron chi connectivity index (χ0n) is 7.08. The highest BCUT2D eigenvalue weighted by Gasteiger charge is 2.09. The molecule has 1 aromatic rings. The molecule has 70 valence electrons. The molecule has 1 N–H and O–H groups in total. The van der Waals surface area contributed by atoms with Crippen molar-refractivity contribution in [2.45, 2.75) is 0 Å². The number of aromatic nitrogens is 1. The van der Waals surface area contributed by atoms with E-state index in [1.165, 1.54) is 0 Å². The van der Waals surface area contributed by atoms with Gasteiger partial charge in [0.05, 0.1) is 6.54 Å². The maximum Gasteiger partial charge on any atom is 0.268 e. The molecular weight excluding hydrogens is 236 g/mol. The van der Waals surface area contributed by atoms with Crippen molar-refractivity contribution in [3.63, 3.8) is 0 Å². The van der Waals surface area contributed by atoms with Gasteiger partial charge in [-0.2, -0.15) is 0 Å². The molecule has 0 unspecified atom stereocenters. The Morgan fingerprint density at radius 2 is 2.46 bits per heavy atom. The van der Waals surface area contributed by atoms with Gasteiger partial charge >= 0.3 is 0 Å². The normalized spacial score (nSPS) is 9.69. The molecule has 0 atom stereocenters. The molecule has 0 spiro atoms. The largest absolute Gasteiger partial charge is 0.345 e. The summed E-state index contributed by atoms with van der Waals surface area (Å²) < 4.78 is 2.52. The molecule has 1 amide bonds. The van der Waals surface area contributed by atoms with Crippen molar-refractivity contribution in [2.75, 3.05) is 6.54 Å². The fourth-order valence-electron chi connectivity index (χ4n) is 0.975. The van der Waals surface area contributed by atoms with Crippen molar-refractivity contribution in [3.05, 3.63) is 22.4 Å². The van der Waals surface area contributed by atoms with Crippen LogP contribution in [-0.4, -0.2) is 23.3 Å². The molecule has 0 fully saturated rings. The van der Waals surface area contributed by atoms with E-state index < -0.39 is 0 Å². The molecule has 0 saturated heterocycles. The van der Waals surface area contributed by atoms with Crippen LogP contribution in [0.5, 0.6) is 0 Å². The number of hydrogen-bond donors (Lipinski definition) is 1. The van der Waals surface area contributed by atoms with Gasteiger partial charge in [0.25, 0.3) is 5.91 Å². The number of carbonyl (C=O) groups excluding carboxylic acids is 2. The zero-order chi connectivity index (χ0) is 9.84. The molecule has 0 aliphatic carbocycles. The molecule has 4 nitrogen and oxygen atoms in total. The van der Waals surface area contributed by atoms with E-state index >= 15 is 0 Å². The Balaban J connectivity index is 2.76. The van der Waals surface area contributed by atoms with E-state index in [0.717, 1.165) is 4.47 Å². The highest BCUT2D eigenvalue weighted by molar-refractivity contribution is 9.10. The van der Waals surface area contributed by atoms with Gasteiger partial charge in [0.2, 0.25) is 0 Å². The molecule has 0 aliphatic heterocycles. The highest BCUT2D eigenvalue weighted by atomic mass is 79.9. The summed E-state index contributed by atoms with van der Waals surface area (Å²) in [6.45, 7) is 0.0433. The Labute approximate surface area is 84.1 Å². The zero-order valence-corrected chi connectivity index (χ0v) is 8.67. The Kier molecular flexibility index (Phi) is 3.25. The molecule has 5 heteroatoms. The number of rotatable bonds is 3. The highest BCUT2D eigenvalue weighted by Crippen LogP contribution is 2.13. The van der Waals surface area contributed by atoms with Crippen molar-refractivity contribution >= 4 is 28.1 Å². The lowest BCUT2D eigenvalue weighted by molar-refractivity contribution is -0.107. The molecule has 0 radical (unpaired) electrons. The lowest BCUT2D eigenvalue weighted by Gasteiger charge is -2.01. The van der Waals surface area contributed by atoms with Crippen molar-refractivity contribution in [3.8, 4) is 0 Å². The summed E-state index contributed by atoms with van der Waals surface area (Å²) >= 11 is 3.25. The van der Waals surface area contributed by atoms with Gasteiger partial charge < -0.3 is 14.7 Å². The summed E-state index contributed by atoms with van der Waals surface area (Å²) in [5.74, 6) is -0.250. The van der Waals surface area contributed by atoms with Crippen LogP contribution in [0.15, 0.2) is 16.7 Å². The molecular formula is C8H9BrN2O2. The standard InChI is InChI=1S/C8H9BrN2O2/c1-11-5-6(9)4-7(11)8(13)10-2-3-12/h3-5H,2H2,1H3,(H,10,13). The minimum absolute atomic E-state index is 0.0433. The molecule has 1 heterocycles. The monoisotopic (exact) mass is 244 g/mol. The Hall–Kier alpha value is -1.10. The minimum atomic E-state index is -0.250. The second-order valence-corrected chi connectivity index (χ2v) is 3.45. The smallest absolute Gasteiger partial charge is 0.268 e. The quantitative estimate of drug-likeness (QED) is 0.797. The summed E-state index contributed by atoms with van der Waals surface area (Å²) in [5, 5.41) is 2.45. The first-order valence-corrected chi connectivity index (χ1v) is 4.48. The Morgan fingerprint density at radius 3 is 2.92 bits per heavy atom. The van der Waals surface area contributed by atoms with Gasteiger partial charge in [-0.05, 0) is 22.0 Å². The first-order valence-electron chi connectivity index (χ1n) is 3.69. The van der Waals surface area contributed by atoms with Gasteiger partial charge in [0, 0.05) is 17.7 Å². The minimum Gasteiger partial charge on any atom is -0.345 e. The first kappa shape index (κ1) is 9.98. The van der Waals surface area contributed by atoms with Crippen molar-refractivity contribution in [2.24, 2.45) is 7.05 Å². The maximum atomic E-state index is 11.3. The Morgan fingerprint density at radius 1 is 1.77 bits per heavy atom. The number of hydrogen-bond acceptors (Lipinski definition) is 2. The molecule has 13 heavy (non-hydrogen) atoms. The second kappa shape index (κ2) is 4.23. The van der Waals surface area contributed by atoms with Gasteiger partial charge in [-0.3, -0.25) is 4.79 Å². The van der Waals surface area contributed by atoms with Crippen LogP contribution in [0.2, 0.25) is 0 Å². The fourth-order valence-corrected chi connectivity index (χ4v) is 1.50. The lowest BCUT2D eigenvalue weighted by atomic mass is 10.4. The van der Waals surface area contributed by atoms with Crippen molar-refractivity contribution < 1.29 is 9.59 Å². The summed E-state index contributed by atoms with van der Waals surface area (Å²) in [6, 6.07) is 1.69. The van der Waals surface area contributed by atoms with Crippen LogP contribution in [0.25, 0.3) is 0 Å². The average molecular weight is 245 g/mol. The van der Waals surface area contributed by atoms with E-state index in [-0.39, 0.29) is 12.5 Å². The van der Waals surface area contributed by atoms with E-state index in [1.54, 1.807) is 23.9 Å². The number of aldehydes is 1. The fraction of sp³-hybridized carbons (Fsp3) is 0.250. The maximum absolute atomic E-state index is 11.3. The van der Waals surface area contributed by atoms with Crippen LogP contribution < -0.4 is 5.32 Å². The third kappa shape index (κ3) is 2.42. The Bertz CT molecular complexity index is 333.